The average molecular weight is 375 g/mol. The number of benzene rings is 1. The molecule has 26 heavy (non-hydrogen) atoms. The maximum absolute atomic E-state index is 12.9. The lowest BCUT2D eigenvalue weighted by Gasteiger charge is -2.37. The summed E-state index contributed by atoms with van der Waals surface area (Å²) in [6.45, 7) is 0.569. The van der Waals surface area contributed by atoms with E-state index in [4.69, 9.17) is 4.74 Å². The van der Waals surface area contributed by atoms with Gasteiger partial charge in [0.1, 0.15) is 11.4 Å². The Hall–Kier alpha value is -1.89. The summed E-state index contributed by atoms with van der Waals surface area (Å²) in [6, 6.07) is 7.32. The fourth-order valence-corrected chi connectivity index (χ4v) is 6.44. The highest BCUT2D eigenvalue weighted by atomic mass is 32.2. The maximum atomic E-state index is 12.9. The van der Waals surface area contributed by atoms with Crippen LogP contribution >= 0.6 is 0 Å². The van der Waals surface area contributed by atoms with Crippen molar-refractivity contribution in [1.82, 2.24) is 4.90 Å². The third-order valence-electron chi connectivity index (χ3n) is 6.58. The molecule has 1 amide bonds. The van der Waals surface area contributed by atoms with Crippen molar-refractivity contribution in [3.8, 4) is 5.75 Å². The molecule has 4 aliphatic rings. The summed E-state index contributed by atoms with van der Waals surface area (Å²) in [7, 11) is -3.00. The van der Waals surface area contributed by atoms with Crippen LogP contribution < -0.4 is 4.74 Å². The molecule has 4 atom stereocenters. The quantitative estimate of drug-likeness (QED) is 0.739. The number of nitrogens with zero attached hydrogens (tertiary/aromatic N) is 1. The van der Waals surface area contributed by atoms with E-state index in [2.05, 4.69) is 0 Å². The number of carbonyl (C=O) groups is 2. The van der Waals surface area contributed by atoms with E-state index < -0.39 is 15.4 Å². The first kappa shape index (κ1) is 16.3. The van der Waals surface area contributed by atoms with Gasteiger partial charge in [0.15, 0.2) is 15.6 Å². The molecule has 0 aromatic heterocycles. The van der Waals surface area contributed by atoms with Crippen LogP contribution in [-0.2, 0) is 14.6 Å². The van der Waals surface area contributed by atoms with Crippen LogP contribution in [0.15, 0.2) is 24.3 Å². The van der Waals surface area contributed by atoms with Gasteiger partial charge in [-0.25, -0.2) is 8.42 Å². The van der Waals surface area contributed by atoms with Crippen LogP contribution in [0.4, 0.5) is 0 Å². The molecule has 0 N–H and O–H groups in total. The molecular formula is C19H21NO5S. The van der Waals surface area contributed by atoms with Gasteiger partial charge in [0.25, 0.3) is 0 Å². The fraction of sp³-hybridized carbons (Fsp3) is 0.579. The third-order valence-corrected chi connectivity index (χ3v) is 8.19. The first-order valence-electron chi connectivity index (χ1n) is 9.21. The first-order valence-corrected chi connectivity index (χ1v) is 11.0. The van der Waals surface area contributed by atoms with Crippen LogP contribution in [0.1, 0.15) is 29.6 Å². The van der Waals surface area contributed by atoms with Crippen molar-refractivity contribution in [1.29, 1.82) is 0 Å². The Balaban J connectivity index is 1.36. The number of hydrogen-bond donors (Lipinski definition) is 0. The number of para-hydroxylation sites is 1. The van der Waals surface area contributed by atoms with E-state index in [0.29, 0.717) is 17.7 Å². The van der Waals surface area contributed by atoms with Crippen molar-refractivity contribution in [3.63, 3.8) is 0 Å². The Kier molecular flexibility index (Phi) is 3.33. The predicted molar refractivity (Wildman–Crippen MR) is 93.7 cm³/mol. The molecule has 1 spiro atoms. The lowest BCUT2D eigenvalue weighted by molar-refractivity contribution is -0.134. The summed E-state index contributed by atoms with van der Waals surface area (Å²) in [5, 5.41) is 0. The van der Waals surface area contributed by atoms with E-state index in [0.717, 1.165) is 12.8 Å². The van der Waals surface area contributed by atoms with Crippen molar-refractivity contribution in [3.05, 3.63) is 29.8 Å². The maximum Gasteiger partial charge on any atom is 0.226 e. The number of ether oxygens (including phenoxy) is 1. The standard InChI is InChI=1S/C19H21NO5S/c21-14-11-19(25-15-4-2-1-3-12(14)15)6-5-13-16(17(13)19)18(22)20-7-9-26(23,24)10-8-20/h1-4,13,16-17H,5-11H2/t13-,16+,17+,19+/m0/s1. The molecule has 0 radical (unpaired) electrons. The van der Waals surface area contributed by atoms with Crippen molar-refractivity contribution in [2.24, 2.45) is 17.8 Å². The van der Waals surface area contributed by atoms with Crippen LogP contribution in [-0.4, -0.2) is 55.2 Å². The zero-order chi connectivity index (χ0) is 18.1. The van der Waals surface area contributed by atoms with Crippen molar-refractivity contribution < 1.29 is 22.7 Å². The van der Waals surface area contributed by atoms with E-state index in [1.165, 1.54) is 0 Å². The van der Waals surface area contributed by atoms with E-state index in [1.54, 1.807) is 11.0 Å². The molecular weight excluding hydrogens is 354 g/mol. The van der Waals surface area contributed by atoms with Gasteiger partial charge in [0.05, 0.1) is 23.5 Å². The number of ketones is 1. The summed E-state index contributed by atoms with van der Waals surface area (Å²) < 4.78 is 29.5. The number of hydrogen-bond acceptors (Lipinski definition) is 5. The molecule has 2 saturated carbocycles. The smallest absolute Gasteiger partial charge is 0.226 e. The minimum Gasteiger partial charge on any atom is -0.486 e. The number of carbonyl (C=O) groups excluding carboxylic acids is 2. The van der Waals surface area contributed by atoms with Gasteiger partial charge in [-0.3, -0.25) is 9.59 Å². The topological polar surface area (TPSA) is 80.8 Å². The summed E-state index contributed by atoms with van der Waals surface area (Å²) in [6.07, 6.45) is 2.03. The molecule has 6 nitrogen and oxygen atoms in total. The number of Topliss-reactive ketones (excluding diaryl/α,β-unsaturated/α-hetero) is 1. The second-order valence-electron chi connectivity index (χ2n) is 7.99. The predicted octanol–water partition coefficient (Wildman–Crippen LogP) is 1.30. The Morgan fingerprint density at radius 2 is 1.92 bits per heavy atom. The van der Waals surface area contributed by atoms with Gasteiger partial charge in [-0.15, -0.1) is 0 Å². The SMILES string of the molecule is O=C1C[C@@]2(CC[C@H]3[C@@H](C(=O)N4CCS(=O)(=O)CC4)[C@@H]32)Oc2ccccc21. The number of fused-ring (bicyclic) bond motifs is 3. The Bertz CT molecular complexity index is 896. The van der Waals surface area contributed by atoms with Crippen molar-refractivity contribution in [2.75, 3.05) is 24.6 Å². The molecule has 1 aromatic carbocycles. The van der Waals surface area contributed by atoms with Crippen LogP contribution in [0.2, 0.25) is 0 Å². The van der Waals surface area contributed by atoms with Crippen molar-refractivity contribution >= 4 is 21.5 Å². The minimum atomic E-state index is -3.00. The Labute approximate surface area is 152 Å². The zero-order valence-corrected chi connectivity index (χ0v) is 15.2. The minimum absolute atomic E-state index is 0.0453. The second kappa shape index (κ2) is 5.31. The largest absolute Gasteiger partial charge is 0.486 e. The highest BCUT2D eigenvalue weighted by molar-refractivity contribution is 7.91. The van der Waals surface area contributed by atoms with Crippen LogP contribution in [0.3, 0.4) is 0 Å². The molecule has 2 heterocycles. The molecule has 3 fully saturated rings. The molecule has 1 aromatic rings. The van der Waals surface area contributed by atoms with E-state index in [1.807, 2.05) is 18.2 Å². The Morgan fingerprint density at radius 1 is 1.19 bits per heavy atom. The Morgan fingerprint density at radius 3 is 2.69 bits per heavy atom. The normalized spacial score (nSPS) is 37.0. The number of rotatable bonds is 1. The number of sulfone groups is 1. The average Bonchev–Trinajstić information content (AvgIpc) is 3.25. The van der Waals surface area contributed by atoms with Gasteiger partial charge >= 0.3 is 0 Å². The van der Waals surface area contributed by atoms with Crippen molar-refractivity contribution in [2.45, 2.75) is 24.9 Å². The molecule has 1 saturated heterocycles. The first-order chi connectivity index (χ1) is 12.4. The summed E-state index contributed by atoms with van der Waals surface area (Å²) in [4.78, 5) is 27.2. The highest BCUT2D eigenvalue weighted by Crippen LogP contribution is 2.66. The van der Waals surface area contributed by atoms with Gasteiger partial charge in [-0.2, -0.15) is 0 Å². The molecule has 0 bridgehead atoms. The van der Waals surface area contributed by atoms with E-state index in [9.17, 15) is 18.0 Å². The second-order valence-corrected chi connectivity index (χ2v) is 10.3. The fourth-order valence-electron chi connectivity index (χ4n) is 5.24. The van der Waals surface area contributed by atoms with Crippen LogP contribution in [0.25, 0.3) is 0 Å². The zero-order valence-electron chi connectivity index (χ0n) is 14.4. The molecule has 138 valence electrons. The summed E-state index contributed by atoms with van der Waals surface area (Å²) in [5.74, 6) is 1.08. The van der Waals surface area contributed by atoms with Gasteiger partial charge in [0.2, 0.25) is 5.91 Å². The molecule has 5 rings (SSSR count). The van der Waals surface area contributed by atoms with Gasteiger partial charge < -0.3 is 9.64 Å². The molecule has 2 aliphatic heterocycles. The lowest BCUT2D eigenvalue weighted by atomic mass is 9.84. The molecule has 7 heteroatoms. The summed E-state index contributed by atoms with van der Waals surface area (Å²) >= 11 is 0. The third kappa shape index (κ3) is 2.32. The molecule has 2 aliphatic carbocycles. The van der Waals surface area contributed by atoms with Gasteiger partial charge in [-0.1, -0.05) is 12.1 Å². The van der Waals surface area contributed by atoms with Crippen LogP contribution in [0, 0.1) is 17.8 Å². The van der Waals surface area contributed by atoms with E-state index in [-0.39, 0.29) is 54.0 Å². The monoisotopic (exact) mass is 375 g/mol. The summed E-state index contributed by atoms with van der Waals surface area (Å²) in [5.41, 5.74) is 0.0736. The van der Waals surface area contributed by atoms with E-state index >= 15 is 0 Å². The lowest BCUT2D eigenvalue weighted by Crippen LogP contribution is -2.47. The molecule has 0 unspecified atom stereocenters. The highest BCUT2D eigenvalue weighted by Gasteiger charge is 2.71. The van der Waals surface area contributed by atoms with Gasteiger partial charge in [-0.05, 0) is 30.9 Å². The number of amides is 1. The van der Waals surface area contributed by atoms with Crippen LogP contribution in [0.5, 0.6) is 5.75 Å². The van der Waals surface area contributed by atoms with Gasteiger partial charge in [0, 0.05) is 24.9 Å².